The van der Waals surface area contributed by atoms with Crippen LogP contribution in [0.4, 0.5) is 5.69 Å². The number of rotatable bonds is 3. The van der Waals surface area contributed by atoms with Crippen LogP contribution in [-0.4, -0.2) is 58.0 Å². The highest BCUT2D eigenvalue weighted by Crippen LogP contribution is 2.29. The van der Waals surface area contributed by atoms with Gasteiger partial charge in [0.2, 0.25) is 5.91 Å². The number of phenolic OH excluding ortho intramolecular Hbond substituents is 1. The summed E-state index contributed by atoms with van der Waals surface area (Å²) in [5.41, 5.74) is 1.80. The van der Waals surface area contributed by atoms with E-state index in [9.17, 15) is 9.90 Å². The molecule has 0 radical (unpaired) electrons. The Morgan fingerprint density at radius 3 is 2.96 bits per heavy atom. The van der Waals surface area contributed by atoms with Crippen molar-refractivity contribution >= 4 is 11.6 Å². The van der Waals surface area contributed by atoms with Gasteiger partial charge in [-0.3, -0.25) is 14.4 Å². The van der Waals surface area contributed by atoms with E-state index in [0.29, 0.717) is 19.7 Å². The van der Waals surface area contributed by atoms with E-state index >= 15 is 0 Å². The normalized spacial score (nSPS) is 24.8. The van der Waals surface area contributed by atoms with Crippen molar-refractivity contribution in [1.29, 1.82) is 0 Å². The number of aryl methyl sites for hydroxylation is 1. The molecule has 2 unspecified atom stereocenters. The van der Waals surface area contributed by atoms with E-state index in [1.54, 1.807) is 23.0 Å². The molecule has 1 amide bonds. The van der Waals surface area contributed by atoms with Gasteiger partial charge in [-0.15, -0.1) is 0 Å². The molecule has 25 heavy (non-hydrogen) atoms. The topological polar surface area (TPSA) is 70.8 Å². The highest BCUT2D eigenvalue weighted by atomic mass is 16.5. The minimum atomic E-state index is -0.124. The van der Waals surface area contributed by atoms with Gasteiger partial charge < -0.3 is 14.7 Å². The molecular weight excluding hydrogens is 320 g/mol. The molecule has 0 saturated carbocycles. The van der Waals surface area contributed by atoms with Crippen molar-refractivity contribution in [1.82, 2.24) is 14.7 Å². The number of ether oxygens (including phenoxy) is 1. The lowest BCUT2D eigenvalue weighted by Crippen LogP contribution is -2.48. The maximum absolute atomic E-state index is 12.9. The number of amides is 1. The summed E-state index contributed by atoms with van der Waals surface area (Å²) >= 11 is 0. The molecule has 2 aliphatic heterocycles. The largest absolute Gasteiger partial charge is 0.508 e. The average Bonchev–Trinajstić information content (AvgIpc) is 3.20. The van der Waals surface area contributed by atoms with Gasteiger partial charge in [-0.1, -0.05) is 12.1 Å². The van der Waals surface area contributed by atoms with Crippen molar-refractivity contribution in [2.45, 2.75) is 18.6 Å². The van der Waals surface area contributed by atoms with Crippen molar-refractivity contribution < 1.29 is 14.6 Å². The standard InChI is InChI=1S/C18H22N4O3/c1-20-11-14(10-19-20)22-6-5-16(18(22)24)21-7-8-25-17(12-21)13-3-2-4-15(23)9-13/h2-4,9-11,16-17,23H,5-8,12H2,1H3. The number of hydrogen-bond acceptors (Lipinski definition) is 5. The molecule has 2 fully saturated rings. The minimum absolute atomic E-state index is 0.121. The zero-order valence-electron chi connectivity index (χ0n) is 14.2. The second kappa shape index (κ2) is 6.50. The van der Waals surface area contributed by atoms with E-state index in [-0.39, 0.29) is 23.8 Å². The Morgan fingerprint density at radius 1 is 1.32 bits per heavy atom. The molecule has 4 rings (SSSR count). The van der Waals surface area contributed by atoms with E-state index in [2.05, 4.69) is 10.00 Å². The van der Waals surface area contributed by atoms with Crippen LogP contribution in [0.1, 0.15) is 18.1 Å². The smallest absolute Gasteiger partial charge is 0.244 e. The SMILES string of the molecule is Cn1cc(N2CCC(N3CCOC(c4cccc(O)c4)C3)C2=O)cn1. The monoisotopic (exact) mass is 342 g/mol. The van der Waals surface area contributed by atoms with Crippen molar-refractivity contribution in [2.75, 3.05) is 31.1 Å². The van der Waals surface area contributed by atoms with Crippen LogP contribution in [0.25, 0.3) is 0 Å². The highest BCUT2D eigenvalue weighted by molar-refractivity contribution is 5.99. The quantitative estimate of drug-likeness (QED) is 0.911. The predicted molar refractivity (Wildman–Crippen MR) is 92.3 cm³/mol. The van der Waals surface area contributed by atoms with E-state index in [1.807, 2.05) is 30.3 Å². The van der Waals surface area contributed by atoms with Crippen molar-refractivity contribution in [3.63, 3.8) is 0 Å². The summed E-state index contributed by atoms with van der Waals surface area (Å²) < 4.78 is 7.58. The van der Waals surface area contributed by atoms with Gasteiger partial charge in [0.1, 0.15) is 5.75 Å². The first-order valence-electron chi connectivity index (χ1n) is 8.56. The first-order chi connectivity index (χ1) is 12.1. The zero-order valence-corrected chi connectivity index (χ0v) is 14.2. The van der Waals surface area contributed by atoms with E-state index in [4.69, 9.17) is 4.74 Å². The third kappa shape index (κ3) is 3.12. The molecule has 7 heteroatoms. The van der Waals surface area contributed by atoms with Gasteiger partial charge in [-0.25, -0.2) is 0 Å². The van der Waals surface area contributed by atoms with Crippen LogP contribution < -0.4 is 4.90 Å². The van der Waals surface area contributed by atoms with Crippen LogP contribution >= 0.6 is 0 Å². The van der Waals surface area contributed by atoms with Crippen molar-refractivity contribution in [3.05, 3.63) is 42.2 Å². The number of phenols is 1. The average molecular weight is 342 g/mol. The number of hydrogen-bond donors (Lipinski definition) is 1. The fourth-order valence-corrected chi connectivity index (χ4v) is 3.69. The summed E-state index contributed by atoms with van der Waals surface area (Å²) in [7, 11) is 1.85. The van der Waals surface area contributed by atoms with Gasteiger partial charge in [0.15, 0.2) is 0 Å². The Hall–Kier alpha value is -2.38. The number of carbonyl (C=O) groups is 1. The number of aromatic hydroxyl groups is 1. The van der Waals surface area contributed by atoms with Gasteiger partial charge in [-0.05, 0) is 24.1 Å². The maximum atomic E-state index is 12.9. The second-order valence-electron chi connectivity index (χ2n) is 6.62. The summed E-state index contributed by atoms with van der Waals surface area (Å²) in [6.45, 7) is 2.69. The molecule has 1 aromatic heterocycles. The van der Waals surface area contributed by atoms with Crippen LogP contribution in [0.3, 0.4) is 0 Å². The summed E-state index contributed by atoms with van der Waals surface area (Å²) in [6.07, 6.45) is 4.28. The van der Waals surface area contributed by atoms with Gasteiger partial charge in [0, 0.05) is 32.9 Å². The molecule has 2 atom stereocenters. The molecule has 0 bridgehead atoms. The van der Waals surface area contributed by atoms with E-state index in [1.165, 1.54) is 0 Å². The molecule has 3 heterocycles. The summed E-state index contributed by atoms with van der Waals surface area (Å²) in [6, 6.07) is 7.02. The number of carbonyl (C=O) groups excluding carboxylic acids is 1. The fraction of sp³-hybridized carbons (Fsp3) is 0.444. The van der Waals surface area contributed by atoms with E-state index < -0.39 is 0 Å². The zero-order chi connectivity index (χ0) is 17.4. The Kier molecular flexibility index (Phi) is 4.19. The molecule has 2 saturated heterocycles. The maximum Gasteiger partial charge on any atom is 0.244 e. The lowest BCUT2D eigenvalue weighted by molar-refractivity contribution is -0.125. The van der Waals surface area contributed by atoms with Crippen LogP contribution in [0.5, 0.6) is 5.75 Å². The third-order valence-electron chi connectivity index (χ3n) is 4.96. The van der Waals surface area contributed by atoms with Gasteiger partial charge in [0.05, 0.1) is 30.6 Å². The predicted octanol–water partition coefficient (Wildman–Crippen LogP) is 1.30. The van der Waals surface area contributed by atoms with Gasteiger partial charge >= 0.3 is 0 Å². The number of aromatic nitrogens is 2. The lowest BCUT2D eigenvalue weighted by Gasteiger charge is -2.36. The number of nitrogens with zero attached hydrogens (tertiary/aromatic N) is 4. The number of anilines is 1. The van der Waals surface area contributed by atoms with Crippen molar-refractivity contribution in [3.8, 4) is 5.75 Å². The first kappa shape index (κ1) is 16.1. The van der Waals surface area contributed by atoms with Gasteiger partial charge in [0.25, 0.3) is 0 Å². The lowest BCUT2D eigenvalue weighted by atomic mass is 10.1. The molecular formula is C18H22N4O3. The van der Waals surface area contributed by atoms with Crippen LogP contribution in [0, 0.1) is 0 Å². The van der Waals surface area contributed by atoms with Gasteiger partial charge in [-0.2, -0.15) is 5.10 Å². The Labute approximate surface area is 146 Å². The molecule has 2 aromatic rings. The molecule has 7 nitrogen and oxygen atoms in total. The third-order valence-corrected chi connectivity index (χ3v) is 4.96. The van der Waals surface area contributed by atoms with Crippen LogP contribution in [0.15, 0.2) is 36.7 Å². The summed E-state index contributed by atoms with van der Waals surface area (Å²) in [4.78, 5) is 16.9. The molecule has 132 valence electrons. The molecule has 1 N–H and O–H groups in total. The van der Waals surface area contributed by atoms with Crippen LogP contribution in [0.2, 0.25) is 0 Å². The molecule has 0 spiro atoms. The number of benzene rings is 1. The Morgan fingerprint density at radius 2 is 2.20 bits per heavy atom. The molecule has 2 aliphatic rings. The molecule has 1 aromatic carbocycles. The second-order valence-corrected chi connectivity index (χ2v) is 6.62. The highest BCUT2D eigenvalue weighted by Gasteiger charge is 2.39. The first-order valence-corrected chi connectivity index (χ1v) is 8.56. The van der Waals surface area contributed by atoms with Crippen LogP contribution in [-0.2, 0) is 16.6 Å². The Bertz CT molecular complexity index is 775. The number of morpholine rings is 1. The fourth-order valence-electron chi connectivity index (χ4n) is 3.69. The van der Waals surface area contributed by atoms with E-state index in [0.717, 1.165) is 24.2 Å². The summed E-state index contributed by atoms with van der Waals surface area (Å²) in [5.74, 6) is 0.363. The Balaban J connectivity index is 1.47. The molecule has 0 aliphatic carbocycles. The minimum Gasteiger partial charge on any atom is -0.508 e. The summed E-state index contributed by atoms with van der Waals surface area (Å²) in [5, 5.41) is 13.8. The van der Waals surface area contributed by atoms with Crippen molar-refractivity contribution in [2.24, 2.45) is 7.05 Å².